The molecule has 1 amide bonds. The molecule has 256 valence electrons. The topological polar surface area (TPSA) is 138 Å². The molecule has 12 nitrogen and oxygen atoms in total. The molecule has 12 heteroatoms. The highest BCUT2D eigenvalue weighted by molar-refractivity contribution is 5.85. The van der Waals surface area contributed by atoms with Gasteiger partial charge in [-0.3, -0.25) is 4.98 Å². The number of rotatable bonds is 9. The monoisotopic (exact) mass is 665 g/mol. The molecule has 1 saturated carbocycles. The van der Waals surface area contributed by atoms with Gasteiger partial charge in [-0.2, -0.15) is 10.4 Å². The van der Waals surface area contributed by atoms with Crippen LogP contribution >= 0.6 is 0 Å². The van der Waals surface area contributed by atoms with Crippen LogP contribution in [-0.2, 0) is 15.9 Å². The Morgan fingerprint density at radius 2 is 1.94 bits per heavy atom. The van der Waals surface area contributed by atoms with Gasteiger partial charge < -0.3 is 29.1 Å². The second-order valence-electron chi connectivity index (χ2n) is 14.4. The maximum absolute atomic E-state index is 12.6. The predicted molar refractivity (Wildman–Crippen MR) is 182 cm³/mol. The summed E-state index contributed by atoms with van der Waals surface area (Å²) in [5.74, 6) is 1.75. The molecular weight excluding hydrogens is 622 g/mol. The van der Waals surface area contributed by atoms with Crippen LogP contribution in [0, 0.1) is 17.2 Å². The van der Waals surface area contributed by atoms with Gasteiger partial charge >= 0.3 is 6.09 Å². The zero-order chi connectivity index (χ0) is 34.2. The minimum absolute atomic E-state index is 0.0915. The predicted octanol–water partition coefficient (Wildman–Crippen LogP) is 5.03. The lowest BCUT2D eigenvalue weighted by molar-refractivity contribution is -0.0222. The Kier molecular flexibility index (Phi) is 8.90. The van der Waals surface area contributed by atoms with E-state index >= 15 is 0 Å². The van der Waals surface area contributed by atoms with Crippen molar-refractivity contribution in [1.82, 2.24) is 24.5 Å². The molecule has 4 aromatic heterocycles. The SMILES string of the molecule is CC(C)(C)OC(=O)N1C[C@H]2C[C@@H]1CC2OCCOc1cc(-c2ccc(N3CCC(O)(Cc4ccccn4)CC3)nc2)c2c(C#N)cnn2c1. The first-order valence-corrected chi connectivity index (χ1v) is 17.1. The van der Waals surface area contributed by atoms with E-state index in [1.807, 2.05) is 68.3 Å². The fourth-order valence-electron chi connectivity index (χ4n) is 7.39. The number of nitrogens with zero attached hydrogens (tertiary/aromatic N) is 7. The van der Waals surface area contributed by atoms with E-state index in [0.29, 0.717) is 74.9 Å². The van der Waals surface area contributed by atoms with Crippen LogP contribution in [0.1, 0.15) is 57.7 Å². The summed E-state index contributed by atoms with van der Waals surface area (Å²) < 4.78 is 19.6. The molecule has 7 rings (SSSR count). The molecule has 1 unspecified atom stereocenters. The molecule has 49 heavy (non-hydrogen) atoms. The van der Waals surface area contributed by atoms with E-state index < -0.39 is 11.2 Å². The maximum Gasteiger partial charge on any atom is 0.410 e. The quantitative estimate of drug-likeness (QED) is 0.242. The second kappa shape index (κ2) is 13.3. The summed E-state index contributed by atoms with van der Waals surface area (Å²) in [7, 11) is 0. The van der Waals surface area contributed by atoms with E-state index in [0.717, 1.165) is 35.5 Å². The molecule has 1 N–H and O–H groups in total. The minimum Gasteiger partial charge on any atom is -0.490 e. The molecular formula is C37H43N7O5. The summed E-state index contributed by atoms with van der Waals surface area (Å²) in [6.07, 6.45) is 10.3. The van der Waals surface area contributed by atoms with Crippen molar-refractivity contribution >= 4 is 17.4 Å². The lowest BCUT2D eigenvalue weighted by Gasteiger charge is -2.38. The van der Waals surface area contributed by atoms with Crippen molar-refractivity contribution in [2.45, 2.75) is 76.2 Å². The number of amides is 1. The number of fused-ring (bicyclic) bond motifs is 3. The molecule has 2 aliphatic heterocycles. The number of hydrogen-bond donors (Lipinski definition) is 1. The second-order valence-corrected chi connectivity index (χ2v) is 14.4. The van der Waals surface area contributed by atoms with Gasteiger partial charge in [0, 0.05) is 67.2 Å². The van der Waals surface area contributed by atoms with Crippen LogP contribution in [0.2, 0.25) is 0 Å². The van der Waals surface area contributed by atoms with Crippen molar-refractivity contribution in [3.05, 3.63) is 72.4 Å². The fourth-order valence-corrected chi connectivity index (χ4v) is 7.39. The van der Waals surface area contributed by atoms with E-state index in [4.69, 9.17) is 19.2 Å². The highest BCUT2D eigenvalue weighted by atomic mass is 16.6. The molecule has 6 heterocycles. The first kappa shape index (κ1) is 32.8. The smallest absolute Gasteiger partial charge is 0.410 e. The lowest BCUT2D eigenvalue weighted by atomic mass is 9.87. The average molecular weight is 666 g/mol. The van der Waals surface area contributed by atoms with E-state index in [1.54, 1.807) is 23.1 Å². The molecule has 3 atom stereocenters. The van der Waals surface area contributed by atoms with Gasteiger partial charge in [-0.1, -0.05) is 6.07 Å². The lowest BCUT2D eigenvalue weighted by Crippen LogP contribution is -2.46. The van der Waals surface area contributed by atoms with Gasteiger partial charge in [0.25, 0.3) is 0 Å². The van der Waals surface area contributed by atoms with Gasteiger partial charge in [0.05, 0.1) is 41.8 Å². The van der Waals surface area contributed by atoms with Gasteiger partial charge in [0.1, 0.15) is 29.8 Å². The van der Waals surface area contributed by atoms with Crippen LogP contribution < -0.4 is 9.64 Å². The Bertz CT molecular complexity index is 1820. The first-order chi connectivity index (χ1) is 23.6. The molecule has 0 radical (unpaired) electrons. The van der Waals surface area contributed by atoms with E-state index in [2.05, 4.69) is 21.1 Å². The Morgan fingerprint density at radius 1 is 1.10 bits per heavy atom. The fraction of sp³-hybridized carbons (Fsp3) is 0.486. The number of carbonyl (C=O) groups is 1. The van der Waals surface area contributed by atoms with Gasteiger partial charge in [-0.05, 0) is 76.8 Å². The van der Waals surface area contributed by atoms with Crippen molar-refractivity contribution in [3.8, 4) is 22.9 Å². The van der Waals surface area contributed by atoms with Crippen LogP contribution in [0.25, 0.3) is 16.6 Å². The number of carbonyl (C=O) groups excluding carboxylic acids is 1. The van der Waals surface area contributed by atoms with Crippen LogP contribution in [0.5, 0.6) is 5.75 Å². The minimum atomic E-state index is -0.780. The number of anilines is 1. The molecule has 2 bridgehead atoms. The number of piperidine rings is 2. The van der Waals surface area contributed by atoms with Crippen molar-refractivity contribution < 1.29 is 24.1 Å². The van der Waals surface area contributed by atoms with Gasteiger partial charge in [0.2, 0.25) is 0 Å². The third kappa shape index (κ3) is 7.19. The summed E-state index contributed by atoms with van der Waals surface area (Å²) in [5, 5.41) is 25.4. The Balaban J connectivity index is 0.968. The summed E-state index contributed by atoms with van der Waals surface area (Å²) >= 11 is 0. The normalized spacial score (nSPS) is 21.6. The third-order valence-electron chi connectivity index (χ3n) is 9.81. The molecule has 4 aromatic rings. The van der Waals surface area contributed by atoms with Crippen molar-refractivity contribution in [3.63, 3.8) is 0 Å². The van der Waals surface area contributed by atoms with Crippen LogP contribution in [0.3, 0.4) is 0 Å². The Morgan fingerprint density at radius 3 is 2.61 bits per heavy atom. The van der Waals surface area contributed by atoms with Gasteiger partial charge in [-0.15, -0.1) is 0 Å². The molecule has 3 aliphatic rings. The van der Waals surface area contributed by atoms with Crippen molar-refractivity contribution in [2.24, 2.45) is 5.92 Å². The largest absolute Gasteiger partial charge is 0.490 e. The maximum atomic E-state index is 12.6. The van der Waals surface area contributed by atoms with E-state index in [-0.39, 0.29) is 18.2 Å². The molecule has 3 fully saturated rings. The number of aromatic nitrogens is 4. The number of likely N-dealkylation sites (tertiary alicyclic amines) is 1. The van der Waals surface area contributed by atoms with E-state index in [9.17, 15) is 15.2 Å². The van der Waals surface area contributed by atoms with Crippen molar-refractivity contribution in [1.29, 1.82) is 5.26 Å². The Hall–Kier alpha value is -4.73. The Labute approximate surface area is 286 Å². The summed E-state index contributed by atoms with van der Waals surface area (Å²) in [6.45, 7) is 8.46. The zero-order valence-electron chi connectivity index (χ0n) is 28.3. The van der Waals surface area contributed by atoms with Crippen LogP contribution in [-0.4, -0.2) is 91.9 Å². The highest BCUT2D eigenvalue weighted by Gasteiger charge is 2.48. The number of hydrogen-bond acceptors (Lipinski definition) is 10. The van der Waals surface area contributed by atoms with Crippen LogP contribution in [0.4, 0.5) is 10.6 Å². The molecule has 0 aromatic carbocycles. The number of aliphatic hydroxyl groups is 1. The highest BCUT2D eigenvalue weighted by Crippen LogP contribution is 2.40. The summed E-state index contributed by atoms with van der Waals surface area (Å²) in [5.41, 5.74) is 2.40. The third-order valence-corrected chi connectivity index (χ3v) is 9.81. The molecule has 0 spiro atoms. The number of nitriles is 1. The summed E-state index contributed by atoms with van der Waals surface area (Å²) in [4.78, 5) is 25.8. The molecule has 2 saturated heterocycles. The zero-order valence-corrected chi connectivity index (χ0v) is 28.3. The first-order valence-electron chi connectivity index (χ1n) is 17.1. The number of ether oxygens (including phenoxy) is 3. The van der Waals surface area contributed by atoms with Gasteiger partial charge in [0.15, 0.2) is 0 Å². The average Bonchev–Trinajstić information content (AvgIpc) is 3.81. The number of pyridine rings is 3. The molecule has 1 aliphatic carbocycles. The van der Waals surface area contributed by atoms with Gasteiger partial charge in [-0.25, -0.2) is 14.3 Å². The standard InChI is InChI=1S/C37H43N7O5/c1-36(2,3)49-35(45)43-23-26-16-29(43)17-32(26)48-15-14-47-30-18-31(34-27(20-38)22-41-44(34)24-30)25-7-8-33(40-21-25)42-12-9-37(46,10-13-42)19-28-6-4-5-11-39-28/h4-8,11,18,21-22,24,26,29,32,46H,9-10,12-17,19,23H2,1-3H3/t26-,29-,32?/m1/s1. The van der Waals surface area contributed by atoms with E-state index in [1.165, 1.54) is 0 Å². The summed E-state index contributed by atoms with van der Waals surface area (Å²) in [6, 6.07) is 14.1. The van der Waals surface area contributed by atoms with Crippen molar-refractivity contribution in [2.75, 3.05) is 37.7 Å². The van der Waals surface area contributed by atoms with Crippen LogP contribution in [0.15, 0.2) is 61.2 Å².